The van der Waals surface area contributed by atoms with Gasteiger partial charge in [0.25, 0.3) is 0 Å². The molecule has 1 atom stereocenters. The van der Waals surface area contributed by atoms with Crippen LogP contribution in [0.2, 0.25) is 5.02 Å². The number of carbonyl (C=O) groups excluding carboxylic acids is 1. The van der Waals surface area contributed by atoms with E-state index in [4.69, 9.17) is 11.6 Å². The van der Waals surface area contributed by atoms with E-state index >= 15 is 0 Å². The van der Waals surface area contributed by atoms with Gasteiger partial charge in [0, 0.05) is 6.20 Å². The number of carbonyl (C=O) groups is 1. The molecule has 2 rings (SSSR count). The Balaban J connectivity index is 1.91. The summed E-state index contributed by atoms with van der Waals surface area (Å²) in [6.07, 6.45) is 1.67. The Morgan fingerprint density at radius 1 is 1.32 bits per heavy atom. The molecule has 5 heteroatoms. The molecular weight excluding hydrogens is 316 g/mol. The van der Waals surface area contributed by atoms with Gasteiger partial charge in [-0.15, -0.1) is 0 Å². The van der Waals surface area contributed by atoms with Crippen LogP contribution in [0.4, 0.5) is 0 Å². The predicted octanol–water partition coefficient (Wildman–Crippen LogP) is 4.32. The Bertz CT molecular complexity index is 675. The second kappa shape index (κ2) is 7.65. The molecule has 0 saturated heterocycles. The van der Waals surface area contributed by atoms with Crippen molar-refractivity contribution < 1.29 is 4.79 Å². The number of rotatable bonds is 5. The fourth-order valence-electron chi connectivity index (χ4n) is 2.01. The molecule has 1 heterocycles. The van der Waals surface area contributed by atoms with Crippen LogP contribution in [0, 0.1) is 13.8 Å². The molecule has 1 amide bonds. The van der Waals surface area contributed by atoms with Crippen LogP contribution in [0.1, 0.15) is 29.7 Å². The van der Waals surface area contributed by atoms with Crippen molar-refractivity contribution in [1.29, 1.82) is 0 Å². The van der Waals surface area contributed by atoms with E-state index in [1.165, 1.54) is 22.9 Å². The molecule has 1 unspecified atom stereocenters. The van der Waals surface area contributed by atoms with Gasteiger partial charge in [-0.1, -0.05) is 41.6 Å². The van der Waals surface area contributed by atoms with Gasteiger partial charge in [0.2, 0.25) is 5.91 Å². The van der Waals surface area contributed by atoms with Crippen molar-refractivity contribution in [2.24, 2.45) is 0 Å². The van der Waals surface area contributed by atoms with Crippen LogP contribution in [-0.4, -0.2) is 16.6 Å². The third-order valence-corrected chi connectivity index (χ3v) is 4.90. The molecule has 3 nitrogen and oxygen atoms in total. The average molecular weight is 335 g/mol. The number of nitrogens with one attached hydrogen (secondary N) is 1. The number of hydrogen-bond acceptors (Lipinski definition) is 3. The van der Waals surface area contributed by atoms with E-state index in [2.05, 4.69) is 42.3 Å². The molecule has 0 fully saturated rings. The van der Waals surface area contributed by atoms with Crippen molar-refractivity contribution in [1.82, 2.24) is 10.3 Å². The first-order valence-electron chi connectivity index (χ1n) is 7.07. The van der Waals surface area contributed by atoms with E-state index in [-0.39, 0.29) is 11.9 Å². The molecule has 1 N–H and O–H groups in total. The Kier molecular flexibility index (Phi) is 5.86. The summed E-state index contributed by atoms with van der Waals surface area (Å²) in [5.41, 5.74) is 3.59. The van der Waals surface area contributed by atoms with E-state index in [1.54, 1.807) is 18.3 Å². The maximum atomic E-state index is 12.1. The summed E-state index contributed by atoms with van der Waals surface area (Å²) in [5.74, 6) is 0.267. The molecule has 0 spiro atoms. The van der Waals surface area contributed by atoms with Crippen molar-refractivity contribution in [2.75, 3.05) is 5.75 Å². The number of amides is 1. The van der Waals surface area contributed by atoms with Gasteiger partial charge in [-0.05, 0) is 49.6 Å². The molecule has 22 heavy (non-hydrogen) atoms. The molecule has 0 aliphatic carbocycles. The molecular formula is C17H19ClN2OS. The normalized spacial score (nSPS) is 12.0. The van der Waals surface area contributed by atoms with Gasteiger partial charge in [0.15, 0.2) is 0 Å². The van der Waals surface area contributed by atoms with E-state index in [1.807, 2.05) is 6.92 Å². The van der Waals surface area contributed by atoms with E-state index in [0.717, 1.165) is 5.56 Å². The van der Waals surface area contributed by atoms with Crippen LogP contribution in [0.25, 0.3) is 0 Å². The maximum Gasteiger partial charge on any atom is 0.230 e. The number of nitrogens with zero attached hydrogens (tertiary/aromatic N) is 1. The van der Waals surface area contributed by atoms with Crippen LogP contribution in [0.3, 0.4) is 0 Å². The molecule has 0 saturated carbocycles. The first kappa shape index (κ1) is 16.8. The van der Waals surface area contributed by atoms with Gasteiger partial charge in [0.05, 0.1) is 16.8 Å². The minimum Gasteiger partial charge on any atom is -0.349 e. The number of aryl methyl sites for hydroxylation is 2. The summed E-state index contributed by atoms with van der Waals surface area (Å²) in [6.45, 7) is 6.14. The Morgan fingerprint density at radius 3 is 2.77 bits per heavy atom. The van der Waals surface area contributed by atoms with Crippen LogP contribution in [-0.2, 0) is 4.79 Å². The first-order valence-corrected chi connectivity index (χ1v) is 8.43. The van der Waals surface area contributed by atoms with Crippen molar-refractivity contribution in [2.45, 2.75) is 31.8 Å². The van der Waals surface area contributed by atoms with Gasteiger partial charge in [-0.25, -0.2) is 4.98 Å². The Hall–Kier alpha value is -1.52. The maximum absolute atomic E-state index is 12.1. The topological polar surface area (TPSA) is 42.0 Å². The highest BCUT2D eigenvalue weighted by molar-refractivity contribution is 8.00. The average Bonchev–Trinajstić information content (AvgIpc) is 2.49. The smallest absolute Gasteiger partial charge is 0.230 e. The minimum atomic E-state index is -0.0301. The summed E-state index contributed by atoms with van der Waals surface area (Å²) in [4.78, 5) is 16.2. The summed E-state index contributed by atoms with van der Waals surface area (Å²) in [6, 6.07) is 9.77. The van der Waals surface area contributed by atoms with Crippen LogP contribution in [0.5, 0.6) is 0 Å². The Labute approximate surface area is 140 Å². The summed E-state index contributed by atoms with van der Waals surface area (Å²) in [7, 11) is 0. The molecule has 1 aromatic heterocycles. The monoisotopic (exact) mass is 334 g/mol. The van der Waals surface area contributed by atoms with E-state index in [0.29, 0.717) is 15.8 Å². The SMILES string of the molecule is Cc1ccc(C(C)NC(=O)CSc2ncccc2Cl)cc1C. The summed E-state index contributed by atoms with van der Waals surface area (Å²) < 4.78 is 0. The zero-order valence-electron chi connectivity index (χ0n) is 12.9. The van der Waals surface area contributed by atoms with Crippen molar-refractivity contribution in [3.8, 4) is 0 Å². The lowest BCUT2D eigenvalue weighted by Crippen LogP contribution is -2.28. The van der Waals surface area contributed by atoms with Gasteiger partial charge < -0.3 is 5.32 Å². The zero-order valence-corrected chi connectivity index (χ0v) is 14.5. The number of halogens is 1. The van der Waals surface area contributed by atoms with Crippen molar-refractivity contribution in [3.05, 3.63) is 58.2 Å². The van der Waals surface area contributed by atoms with Gasteiger partial charge >= 0.3 is 0 Å². The molecule has 2 aromatic rings. The standard InChI is InChI=1S/C17H19ClN2OS/c1-11-6-7-14(9-12(11)2)13(3)20-16(21)10-22-17-15(18)5-4-8-19-17/h4-9,13H,10H2,1-3H3,(H,20,21). The molecule has 0 radical (unpaired) electrons. The summed E-state index contributed by atoms with van der Waals surface area (Å²) >= 11 is 7.37. The number of pyridine rings is 1. The fraction of sp³-hybridized carbons (Fsp3) is 0.294. The number of hydrogen-bond donors (Lipinski definition) is 1. The largest absolute Gasteiger partial charge is 0.349 e. The van der Waals surface area contributed by atoms with Gasteiger partial charge in [0.1, 0.15) is 5.03 Å². The predicted molar refractivity (Wildman–Crippen MR) is 92.4 cm³/mol. The minimum absolute atomic E-state index is 0.0217. The quantitative estimate of drug-likeness (QED) is 0.828. The second-order valence-electron chi connectivity index (χ2n) is 5.21. The van der Waals surface area contributed by atoms with Crippen LogP contribution >= 0.6 is 23.4 Å². The number of aromatic nitrogens is 1. The highest BCUT2D eigenvalue weighted by atomic mass is 35.5. The number of thioether (sulfide) groups is 1. The van der Waals surface area contributed by atoms with Gasteiger partial charge in [-0.3, -0.25) is 4.79 Å². The van der Waals surface area contributed by atoms with Gasteiger partial charge in [-0.2, -0.15) is 0 Å². The molecule has 116 valence electrons. The molecule has 0 bridgehead atoms. The fourth-order valence-corrected chi connectivity index (χ4v) is 2.99. The third-order valence-electron chi connectivity index (χ3n) is 3.47. The Morgan fingerprint density at radius 2 is 2.09 bits per heavy atom. The zero-order chi connectivity index (χ0) is 16.1. The van der Waals surface area contributed by atoms with E-state index < -0.39 is 0 Å². The third kappa shape index (κ3) is 4.49. The van der Waals surface area contributed by atoms with Crippen LogP contribution in [0.15, 0.2) is 41.6 Å². The van der Waals surface area contributed by atoms with E-state index in [9.17, 15) is 4.79 Å². The molecule has 0 aliphatic rings. The van der Waals surface area contributed by atoms with Crippen LogP contribution < -0.4 is 5.32 Å². The lowest BCUT2D eigenvalue weighted by molar-refractivity contribution is -0.119. The summed E-state index contributed by atoms with van der Waals surface area (Å²) in [5, 5.41) is 4.25. The molecule has 0 aliphatic heterocycles. The lowest BCUT2D eigenvalue weighted by atomic mass is 10.0. The molecule has 1 aromatic carbocycles. The first-order chi connectivity index (χ1) is 10.5. The highest BCUT2D eigenvalue weighted by Gasteiger charge is 2.11. The lowest BCUT2D eigenvalue weighted by Gasteiger charge is -2.15. The highest BCUT2D eigenvalue weighted by Crippen LogP contribution is 2.24. The second-order valence-corrected chi connectivity index (χ2v) is 6.58. The van der Waals surface area contributed by atoms with Crippen molar-refractivity contribution >= 4 is 29.3 Å². The van der Waals surface area contributed by atoms with Crippen molar-refractivity contribution in [3.63, 3.8) is 0 Å². The number of benzene rings is 1.